The van der Waals surface area contributed by atoms with Gasteiger partial charge in [-0.1, -0.05) is 0 Å². The van der Waals surface area contributed by atoms with E-state index < -0.39 is 0 Å². The van der Waals surface area contributed by atoms with Gasteiger partial charge >= 0.3 is 0 Å². The number of anilines is 1. The van der Waals surface area contributed by atoms with Crippen molar-refractivity contribution in [3.05, 3.63) is 11.3 Å². The molecular formula is C8H13N3O. The molecule has 1 aromatic rings. The molecule has 0 saturated carbocycles. The first-order chi connectivity index (χ1) is 5.57. The van der Waals surface area contributed by atoms with Gasteiger partial charge in [0.25, 0.3) is 0 Å². The average Bonchev–Trinajstić information content (AvgIpc) is 2.26. The minimum atomic E-state index is 0.781. The summed E-state index contributed by atoms with van der Waals surface area (Å²) in [7, 11) is 3.55. The summed E-state index contributed by atoms with van der Waals surface area (Å²) in [6.07, 6.45) is 0.781. The molecule has 0 spiro atoms. The summed E-state index contributed by atoms with van der Waals surface area (Å²) >= 11 is 0. The first kappa shape index (κ1) is 8.77. The van der Waals surface area contributed by atoms with Gasteiger partial charge in [-0.25, -0.2) is 0 Å². The van der Waals surface area contributed by atoms with E-state index in [1.165, 1.54) is 4.90 Å². The van der Waals surface area contributed by atoms with Gasteiger partial charge in [0.05, 0.1) is 5.69 Å². The number of rotatable bonds is 2. The van der Waals surface area contributed by atoms with E-state index in [0.29, 0.717) is 0 Å². The lowest BCUT2D eigenvalue weighted by Gasteiger charge is -2.11. The Balaban J connectivity index is 3.21. The van der Waals surface area contributed by atoms with Crippen molar-refractivity contribution in [2.24, 2.45) is 7.05 Å². The molecule has 4 heteroatoms. The third-order valence-corrected chi connectivity index (χ3v) is 1.98. The number of nitrogens with zero attached hydrogens (tertiary/aromatic N) is 3. The van der Waals surface area contributed by atoms with Crippen LogP contribution in [0.25, 0.3) is 0 Å². The maximum Gasteiger partial charge on any atom is 0.215 e. The van der Waals surface area contributed by atoms with Crippen LogP contribution >= 0.6 is 0 Å². The number of carbonyl (C=O) groups excluding carboxylic acids is 1. The zero-order valence-corrected chi connectivity index (χ0v) is 7.83. The van der Waals surface area contributed by atoms with Gasteiger partial charge in [-0.05, 0) is 13.8 Å². The molecule has 0 aliphatic carbocycles. The standard InChI is InChI=1S/C8H13N3O/c1-6-7(2)9-11(4)8(6)10(3)5-12/h5H,1-4H3. The van der Waals surface area contributed by atoms with Gasteiger partial charge in [-0.15, -0.1) is 0 Å². The first-order valence-corrected chi connectivity index (χ1v) is 3.76. The van der Waals surface area contributed by atoms with Crippen LogP contribution in [0.2, 0.25) is 0 Å². The van der Waals surface area contributed by atoms with E-state index in [2.05, 4.69) is 5.10 Å². The Morgan fingerprint density at radius 2 is 2.08 bits per heavy atom. The molecule has 1 aromatic heterocycles. The first-order valence-electron chi connectivity index (χ1n) is 3.76. The summed E-state index contributed by atoms with van der Waals surface area (Å²) in [5.74, 6) is 0.850. The van der Waals surface area contributed by atoms with Crippen LogP contribution in [-0.4, -0.2) is 23.2 Å². The summed E-state index contributed by atoms with van der Waals surface area (Å²) in [5.41, 5.74) is 2.01. The second-order valence-corrected chi connectivity index (χ2v) is 2.87. The Morgan fingerprint density at radius 3 is 2.42 bits per heavy atom. The summed E-state index contributed by atoms with van der Waals surface area (Å²) < 4.78 is 1.71. The van der Waals surface area contributed by atoms with Gasteiger partial charge in [-0.2, -0.15) is 5.10 Å². The highest BCUT2D eigenvalue weighted by Gasteiger charge is 2.11. The fraction of sp³-hybridized carbons (Fsp3) is 0.500. The lowest BCUT2D eigenvalue weighted by molar-refractivity contribution is -0.107. The number of carbonyl (C=O) groups is 1. The molecular weight excluding hydrogens is 154 g/mol. The summed E-state index contributed by atoms with van der Waals surface area (Å²) in [6, 6.07) is 0. The molecule has 0 saturated heterocycles. The SMILES string of the molecule is Cc1nn(C)c(N(C)C=O)c1C. The highest BCUT2D eigenvalue weighted by molar-refractivity contribution is 5.74. The Bertz CT molecular complexity index is 303. The molecule has 4 nitrogen and oxygen atoms in total. The Labute approximate surface area is 71.8 Å². The average molecular weight is 167 g/mol. The van der Waals surface area contributed by atoms with Crippen molar-refractivity contribution >= 4 is 12.2 Å². The van der Waals surface area contributed by atoms with Gasteiger partial charge in [0, 0.05) is 19.7 Å². The van der Waals surface area contributed by atoms with E-state index in [0.717, 1.165) is 23.5 Å². The van der Waals surface area contributed by atoms with Crippen LogP contribution in [0.1, 0.15) is 11.3 Å². The normalized spacial score (nSPS) is 10.0. The smallest absolute Gasteiger partial charge is 0.215 e. The zero-order valence-electron chi connectivity index (χ0n) is 7.83. The fourth-order valence-corrected chi connectivity index (χ4v) is 1.29. The van der Waals surface area contributed by atoms with Crippen molar-refractivity contribution in [2.45, 2.75) is 13.8 Å². The van der Waals surface area contributed by atoms with Crippen LogP contribution in [0.5, 0.6) is 0 Å². The van der Waals surface area contributed by atoms with Crippen molar-refractivity contribution in [3.8, 4) is 0 Å². The molecule has 0 aromatic carbocycles. The largest absolute Gasteiger partial charge is 0.303 e. The summed E-state index contributed by atoms with van der Waals surface area (Å²) in [5, 5.41) is 4.20. The third kappa shape index (κ3) is 1.20. The van der Waals surface area contributed by atoms with E-state index in [1.807, 2.05) is 20.9 Å². The monoisotopic (exact) mass is 167 g/mol. The number of amides is 1. The molecule has 0 aliphatic heterocycles. The van der Waals surface area contributed by atoms with Gasteiger partial charge in [0.2, 0.25) is 6.41 Å². The van der Waals surface area contributed by atoms with E-state index in [9.17, 15) is 4.79 Å². The molecule has 0 aliphatic rings. The van der Waals surface area contributed by atoms with Gasteiger partial charge < -0.3 is 4.90 Å². The van der Waals surface area contributed by atoms with Crippen LogP contribution in [0.4, 0.5) is 5.82 Å². The molecule has 0 unspecified atom stereocenters. The molecule has 0 bridgehead atoms. The molecule has 0 fully saturated rings. The minimum Gasteiger partial charge on any atom is -0.303 e. The predicted octanol–water partition coefficient (Wildman–Crippen LogP) is 0.630. The number of aromatic nitrogens is 2. The maximum absolute atomic E-state index is 10.5. The van der Waals surface area contributed by atoms with Crippen LogP contribution < -0.4 is 4.90 Å². The van der Waals surface area contributed by atoms with E-state index in [-0.39, 0.29) is 0 Å². The zero-order chi connectivity index (χ0) is 9.30. The lowest BCUT2D eigenvalue weighted by atomic mass is 10.3. The van der Waals surface area contributed by atoms with E-state index in [4.69, 9.17) is 0 Å². The molecule has 1 heterocycles. The molecule has 12 heavy (non-hydrogen) atoms. The molecule has 1 rings (SSSR count). The molecule has 0 radical (unpaired) electrons. The van der Waals surface area contributed by atoms with Crippen LogP contribution in [-0.2, 0) is 11.8 Å². The quantitative estimate of drug-likeness (QED) is 0.606. The van der Waals surface area contributed by atoms with E-state index >= 15 is 0 Å². The fourth-order valence-electron chi connectivity index (χ4n) is 1.29. The van der Waals surface area contributed by atoms with Crippen LogP contribution in [0, 0.1) is 13.8 Å². The molecule has 66 valence electrons. The Kier molecular flexibility index (Phi) is 2.17. The Morgan fingerprint density at radius 1 is 1.50 bits per heavy atom. The van der Waals surface area contributed by atoms with Crippen LogP contribution in [0.3, 0.4) is 0 Å². The maximum atomic E-state index is 10.5. The second kappa shape index (κ2) is 2.97. The van der Waals surface area contributed by atoms with Gasteiger partial charge in [0.15, 0.2) is 0 Å². The van der Waals surface area contributed by atoms with Crippen molar-refractivity contribution in [3.63, 3.8) is 0 Å². The summed E-state index contributed by atoms with van der Waals surface area (Å²) in [6.45, 7) is 3.88. The predicted molar refractivity (Wildman–Crippen MR) is 47.1 cm³/mol. The number of hydrogen-bond acceptors (Lipinski definition) is 2. The topological polar surface area (TPSA) is 38.1 Å². The van der Waals surface area contributed by atoms with Crippen molar-refractivity contribution in [1.82, 2.24) is 9.78 Å². The number of hydrogen-bond donors (Lipinski definition) is 0. The van der Waals surface area contributed by atoms with Gasteiger partial charge in [-0.3, -0.25) is 9.48 Å². The number of aryl methyl sites for hydroxylation is 2. The summed E-state index contributed by atoms with van der Waals surface area (Å²) in [4.78, 5) is 12.0. The highest BCUT2D eigenvalue weighted by atomic mass is 16.1. The molecule has 0 N–H and O–H groups in total. The minimum absolute atomic E-state index is 0.781. The van der Waals surface area contributed by atoms with Crippen molar-refractivity contribution < 1.29 is 4.79 Å². The van der Waals surface area contributed by atoms with E-state index in [1.54, 1.807) is 11.7 Å². The van der Waals surface area contributed by atoms with Crippen molar-refractivity contribution in [2.75, 3.05) is 11.9 Å². The lowest BCUT2D eigenvalue weighted by Crippen LogP contribution is -2.18. The van der Waals surface area contributed by atoms with Crippen LogP contribution in [0.15, 0.2) is 0 Å². The van der Waals surface area contributed by atoms with Gasteiger partial charge in [0.1, 0.15) is 5.82 Å². The van der Waals surface area contributed by atoms with Crippen molar-refractivity contribution in [1.29, 1.82) is 0 Å². The molecule has 0 atom stereocenters. The Hall–Kier alpha value is -1.32. The molecule has 1 amide bonds. The highest BCUT2D eigenvalue weighted by Crippen LogP contribution is 2.19. The third-order valence-electron chi connectivity index (χ3n) is 1.98. The second-order valence-electron chi connectivity index (χ2n) is 2.87.